The highest BCUT2D eigenvalue weighted by molar-refractivity contribution is 6.34. The molecule has 0 bridgehead atoms. The Hall–Kier alpha value is -3.10. The van der Waals surface area contributed by atoms with Crippen LogP contribution >= 0.6 is 11.6 Å². The van der Waals surface area contributed by atoms with E-state index in [1.54, 1.807) is 18.2 Å². The number of benzene rings is 2. The van der Waals surface area contributed by atoms with Crippen molar-refractivity contribution >= 4 is 40.9 Å². The van der Waals surface area contributed by atoms with Gasteiger partial charge in [-0.2, -0.15) is 0 Å². The van der Waals surface area contributed by atoms with E-state index >= 15 is 0 Å². The van der Waals surface area contributed by atoms with Crippen LogP contribution in [0.15, 0.2) is 42.5 Å². The molecule has 34 heavy (non-hydrogen) atoms. The fourth-order valence-corrected chi connectivity index (χ4v) is 4.75. The van der Waals surface area contributed by atoms with Crippen LogP contribution in [0.1, 0.15) is 35.2 Å². The standard InChI is InChI=1S/C25H29ClN4O4/c26-21-9-8-19(17-22(21)30-12-10-23(31)27-25(30)34)29-15-13-28(14-16-29)11-4-3-6-18-5-1-2-7-20(18)24(32)33/h1-2,5,7-9,17H,3-4,6,10-16H2,(H,32,33)(H,27,31,34). The number of hydrogen-bond donors (Lipinski definition) is 2. The van der Waals surface area contributed by atoms with E-state index in [1.165, 1.54) is 4.90 Å². The molecule has 2 aromatic carbocycles. The SMILES string of the molecule is O=C1CCN(c2cc(N3CCN(CCCCc4ccccc4C(=O)O)CC3)ccc2Cl)C(=O)N1. The van der Waals surface area contributed by atoms with E-state index in [1.807, 2.05) is 24.3 Å². The number of carbonyl (C=O) groups is 3. The van der Waals surface area contributed by atoms with Gasteiger partial charge in [0.15, 0.2) is 0 Å². The molecule has 3 amide bonds. The maximum atomic E-state index is 12.2. The zero-order valence-corrected chi connectivity index (χ0v) is 19.8. The number of anilines is 2. The van der Waals surface area contributed by atoms with Crippen molar-refractivity contribution in [1.29, 1.82) is 0 Å². The predicted molar refractivity (Wildman–Crippen MR) is 132 cm³/mol. The van der Waals surface area contributed by atoms with Crippen LogP contribution in [-0.2, 0) is 11.2 Å². The van der Waals surface area contributed by atoms with Crippen molar-refractivity contribution in [2.75, 3.05) is 49.1 Å². The van der Waals surface area contributed by atoms with Crippen LogP contribution in [0.4, 0.5) is 16.2 Å². The Morgan fingerprint density at radius 2 is 1.76 bits per heavy atom. The van der Waals surface area contributed by atoms with Gasteiger partial charge in [0.2, 0.25) is 5.91 Å². The molecule has 2 fully saturated rings. The highest BCUT2D eigenvalue weighted by Gasteiger charge is 2.27. The first-order valence-corrected chi connectivity index (χ1v) is 12.0. The van der Waals surface area contributed by atoms with Crippen LogP contribution in [0.5, 0.6) is 0 Å². The monoisotopic (exact) mass is 484 g/mol. The van der Waals surface area contributed by atoms with Crippen molar-refractivity contribution in [1.82, 2.24) is 10.2 Å². The second kappa shape index (κ2) is 10.9. The first-order valence-electron chi connectivity index (χ1n) is 11.6. The number of aryl methyl sites for hydroxylation is 1. The van der Waals surface area contributed by atoms with E-state index in [-0.39, 0.29) is 12.3 Å². The second-order valence-corrected chi connectivity index (χ2v) is 9.05. The van der Waals surface area contributed by atoms with Crippen molar-refractivity contribution in [3.05, 3.63) is 58.6 Å². The minimum Gasteiger partial charge on any atom is -0.478 e. The van der Waals surface area contributed by atoms with Crippen LogP contribution in [0.25, 0.3) is 0 Å². The summed E-state index contributed by atoms with van der Waals surface area (Å²) in [6.45, 7) is 4.90. The summed E-state index contributed by atoms with van der Waals surface area (Å²) in [7, 11) is 0. The van der Waals surface area contributed by atoms with Crippen LogP contribution in [0.3, 0.4) is 0 Å². The van der Waals surface area contributed by atoms with Crippen LogP contribution in [0.2, 0.25) is 5.02 Å². The molecule has 9 heteroatoms. The summed E-state index contributed by atoms with van der Waals surface area (Å²) in [6, 6.07) is 12.5. The fourth-order valence-electron chi connectivity index (χ4n) is 4.53. The Bertz CT molecular complexity index is 1070. The molecule has 180 valence electrons. The molecular weight excluding hydrogens is 456 g/mol. The number of aromatic carboxylic acids is 1. The molecule has 0 aromatic heterocycles. The zero-order valence-electron chi connectivity index (χ0n) is 19.0. The number of nitrogens with zero attached hydrogens (tertiary/aromatic N) is 3. The number of carbonyl (C=O) groups excluding carboxylic acids is 2. The Morgan fingerprint density at radius 3 is 2.50 bits per heavy atom. The lowest BCUT2D eigenvalue weighted by molar-refractivity contribution is -0.120. The molecule has 0 atom stereocenters. The molecule has 0 radical (unpaired) electrons. The number of urea groups is 1. The maximum Gasteiger partial charge on any atom is 0.335 e. The Kier molecular flexibility index (Phi) is 7.70. The topological polar surface area (TPSA) is 93.2 Å². The van der Waals surface area contributed by atoms with E-state index in [0.717, 1.165) is 63.2 Å². The van der Waals surface area contributed by atoms with Crippen molar-refractivity contribution in [2.45, 2.75) is 25.7 Å². The van der Waals surface area contributed by atoms with E-state index < -0.39 is 12.0 Å². The van der Waals surface area contributed by atoms with E-state index in [0.29, 0.717) is 22.8 Å². The van der Waals surface area contributed by atoms with Crippen molar-refractivity contribution in [2.24, 2.45) is 0 Å². The highest BCUT2D eigenvalue weighted by Crippen LogP contribution is 2.32. The molecule has 2 aliphatic rings. The number of rotatable bonds is 8. The summed E-state index contributed by atoms with van der Waals surface area (Å²) < 4.78 is 0. The number of nitrogens with one attached hydrogen (secondary N) is 1. The number of hydrogen-bond acceptors (Lipinski definition) is 5. The fraction of sp³-hybridized carbons (Fsp3) is 0.400. The van der Waals surface area contributed by atoms with Gasteiger partial charge in [-0.15, -0.1) is 0 Å². The second-order valence-electron chi connectivity index (χ2n) is 8.64. The number of carboxylic acid groups (broad SMARTS) is 1. The smallest absolute Gasteiger partial charge is 0.335 e. The third-order valence-corrected chi connectivity index (χ3v) is 6.75. The summed E-state index contributed by atoms with van der Waals surface area (Å²) in [5.41, 5.74) is 2.92. The average molecular weight is 485 g/mol. The lowest BCUT2D eigenvalue weighted by atomic mass is 10.0. The third-order valence-electron chi connectivity index (χ3n) is 6.43. The average Bonchev–Trinajstić information content (AvgIpc) is 2.83. The van der Waals surface area contributed by atoms with Gasteiger partial charge in [-0.25, -0.2) is 9.59 Å². The summed E-state index contributed by atoms with van der Waals surface area (Å²) >= 11 is 6.37. The molecule has 0 saturated carbocycles. The normalized spacial score (nSPS) is 17.1. The zero-order chi connectivity index (χ0) is 24.1. The number of piperazine rings is 1. The lowest BCUT2D eigenvalue weighted by Crippen LogP contribution is -2.50. The first-order chi connectivity index (χ1) is 16.4. The molecule has 0 unspecified atom stereocenters. The van der Waals surface area contributed by atoms with Crippen molar-refractivity contribution < 1.29 is 19.5 Å². The van der Waals surface area contributed by atoms with Gasteiger partial charge in [-0.05, 0) is 55.6 Å². The molecule has 0 aliphatic carbocycles. The van der Waals surface area contributed by atoms with Gasteiger partial charge in [-0.1, -0.05) is 29.8 Å². The van der Waals surface area contributed by atoms with Gasteiger partial charge in [0, 0.05) is 44.8 Å². The minimum absolute atomic E-state index is 0.257. The van der Waals surface area contributed by atoms with Crippen molar-refractivity contribution in [3.8, 4) is 0 Å². The summed E-state index contributed by atoms with van der Waals surface area (Å²) in [6.07, 6.45) is 2.99. The predicted octanol–water partition coefficient (Wildman–Crippen LogP) is 3.63. The molecule has 2 heterocycles. The molecule has 0 spiro atoms. The van der Waals surface area contributed by atoms with Crippen LogP contribution in [0, 0.1) is 0 Å². The molecule has 8 nitrogen and oxygen atoms in total. The Morgan fingerprint density at radius 1 is 1.00 bits per heavy atom. The maximum absolute atomic E-state index is 12.2. The minimum atomic E-state index is -0.869. The van der Waals surface area contributed by atoms with Gasteiger partial charge >= 0.3 is 12.0 Å². The number of amides is 3. The number of carboxylic acids is 1. The van der Waals surface area contributed by atoms with Crippen LogP contribution < -0.4 is 15.1 Å². The molecule has 4 rings (SSSR count). The van der Waals surface area contributed by atoms with Gasteiger partial charge in [0.05, 0.1) is 16.3 Å². The lowest BCUT2D eigenvalue weighted by Gasteiger charge is -2.37. The molecule has 2 aromatic rings. The summed E-state index contributed by atoms with van der Waals surface area (Å²) in [4.78, 5) is 41.3. The highest BCUT2D eigenvalue weighted by atomic mass is 35.5. The summed E-state index contributed by atoms with van der Waals surface area (Å²) in [5.74, 6) is -1.14. The largest absolute Gasteiger partial charge is 0.478 e. The van der Waals surface area contributed by atoms with Gasteiger partial charge in [0.1, 0.15) is 0 Å². The van der Waals surface area contributed by atoms with Gasteiger partial charge in [-0.3, -0.25) is 19.9 Å². The Labute approximate surface area is 204 Å². The molecule has 2 N–H and O–H groups in total. The van der Waals surface area contributed by atoms with Crippen molar-refractivity contribution in [3.63, 3.8) is 0 Å². The van der Waals surface area contributed by atoms with E-state index in [9.17, 15) is 19.5 Å². The molecule has 2 aliphatic heterocycles. The van der Waals surface area contributed by atoms with Gasteiger partial charge < -0.3 is 10.0 Å². The third kappa shape index (κ3) is 5.69. The first kappa shape index (κ1) is 24.0. The Balaban J connectivity index is 1.27. The van der Waals surface area contributed by atoms with E-state index in [4.69, 9.17) is 11.6 Å². The van der Waals surface area contributed by atoms with Gasteiger partial charge in [0.25, 0.3) is 0 Å². The molecular formula is C25H29ClN4O4. The number of halogens is 1. The summed E-state index contributed by atoms with van der Waals surface area (Å²) in [5, 5.41) is 12.1. The number of imide groups is 1. The number of unbranched alkanes of at least 4 members (excludes halogenated alkanes) is 1. The van der Waals surface area contributed by atoms with E-state index in [2.05, 4.69) is 15.1 Å². The molecule has 2 saturated heterocycles. The van der Waals surface area contributed by atoms with Crippen LogP contribution in [-0.4, -0.2) is 67.2 Å². The quantitative estimate of drug-likeness (QED) is 0.556.